The fourth-order valence-electron chi connectivity index (χ4n) is 5.18. The van der Waals surface area contributed by atoms with Gasteiger partial charge in [0.05, 0.1) is 27.4 Å². The summed E-state index contributed by atoms with van der Waals surface area (Å²) < 4.78 is 28.5. The van der Waals surface area contributed by atoms with Gasteiger partial charge in [-0.15, -0.1) is 16.9 Å². The Hall–Kier alpha value is -1.82. The lowest BCUT2D eigenvalue weighted by molar-refractivity contribution is 0.277. The van der Waals surface area contributed by atoms with E-state index in [1.54, 1.807) is 11.8 Å². The average molecular weight is 387 g/mol. The van der Waals surface area contributed by atoms with E-state index >= 15 is 0 Å². The molecular formula is C21H23F2N3S. The second kappa shape index (κ2) is 6.36. The number of aromatic nitrogens is 2. The molecule has 2 aliphatic rings. The summed E-state index contributed by atoms with van der Waals surface area (Å²) in [5.41, 5.74) is 1.84. The fourth-order valence-corrected chi connectivity index (χ4v) is 6.29. The second-order valence-corrected chi connectivity index (χ2v) is 9.06. The normalized spacial score (nSPS) is 25.7. The maximum absolute atomic E-state index is 14.3. The monoisotopic (exact) mass is 387 g/mol. The predicted octanol–water partition coefficient (Wildman–Crippen LogP) is 5.36. The SMILES string of the molecule is CCSC(=NC)C12CC[C@@H](c3cc(-c4c(F)cccc4F)nnc31)C2(C)C. The van der Waals surface area contributed by atoms with Crippen LogP contribution < -0.4 is 0 Å². The first-order chi connectivity index (χ1) is 12.9. The quantitative estimate of drug-likeness (QED) is 0.526. The molecule has 0 saturated heterocycles. The van der Waals surface area contributed by atoms with Gasteiger partial charge in [-0.2, -0.15) is 5.10 Å². The number of aliphatic imine (C=N–C) groups is 1. The summed E-state index contributed by atoms with van der Waals surface area (Å²) >= 11 is 1.76. The molecule has 2 aliphatic carbocycles. The molecule has 0 spiro atoms. The minimum Gasteiger partial charge on any atom is -0.285 e. The van der Waals surface area contributed by atoms with Crippen molar-refractivity contribution < 1.29 is 8.78 Å². The highest BCUT2D eigenvalue weighted by atomic mass is 32.2. The molecule has 1 saturated carbocycles. The van der Waals surface area contributed by atoms with Crippen molar-refractivity contribution in [2.45, 2.75) is 44.9 Å². The van der Waals surface area contributed by atoms with Crippen LogP contribution in [0.5, 0.6) is 0 Å². The molecule has 27 heavy (non-hydrogen) atoms. The van der Waals surface area contributed by atoms with Gasteiger partial charge in [0, 0.05) is 7.05 Å². The van der Waals surface area contributed by atoms with Gasteiger partial charge in [0.25, 0.3) is 0 Å². The van der Waals surface area contributed by atoms with E-state index in [9.17, 15) is 8.78 Å². The molecule has 1 heterocycles. The number of nitrogens with zero attached hydrogens (tertiary/aromatic N) is 3. The molecule has 1 aromatic heterocycles. The van der Waals surface area contributed by atoms with Crippen LogP contribution in [0.25, 0.3) is 11.3 Å². The molecule has 1 aromatic carbocycles. The van der Waals surface area contributed by atoms with Crippen molar-refractivity contribution in [3.05, 3.63) is 47.2 Å². The Kier molecular flexibility index (Phi) is 4.37. The van der Waals surface area contributed by atoms with Gasteiger partial charge in [0.2, 0.25) is 0 Å². The third kappa shape index (κ3) is 2.35. The highest BCUT2D eigenvalue weighted by molar-refractivity contribution is 8.14. The van der Waals surface area contributed by atoms with Gasteiger partial charge in [-0.3, -0.25) is 4.99 Å². The molecule has 0 N–H and O–H groups in total. The Morgan fingerprint density at radius 2 is 1.96 bits per heavy atom. The van der Waals surface area contributed by atoms with E-state index in [1.807, 2.05) is 13.1 Å². The van der Waals surface area contributed by atoms with Crippen LogP contribution in [0.15, 0.2) is 29.3 Å². The van der Waals surface area contributed by atoms with Crippen molar-refractivity contribution in [1.29, 1.82) is 0 Å². The topological polar surface area (TPSA) is 38.1 Å². The summed E-state index contributed by atoms with van der Waals surface area (Å²) in [5.74, 6) is -0.000512. The van der Waals surface area contributed by atoms with Crippen LogP contribution in [-0.2, 0) is 5.41 Å². The maximum Gasteiger partial charge on any atom is 0.135 e. The van der Waals surface area contributed by atoms with Crippen molar-refractivity contribution in [1.82, 2.24) is 10.2 Å². The smallest absolute Gasteiger partial charge is 0.135 e. The van der Waals surface area contributed by atoms with Crippen LogP contribution in [0.4, 0.5) is 8.78 Å². The van der Waals surface area contributed by atoms with Gasteiger partial charge in [-0.25, -0.2) is 8.78 Å². The molecule has 4 rings (SSSR count). The molecule has 142 valence electrons. The van der Waals surface area contributed by atoms with E-state index in [-0.39, 0.29) is 28.0 Å². The van der Waals surface area contributed by atoms with Crippen LogP contribution in [0, 0.1) is 17.0 Å². The van der Waals surface area contributed by atoms with E-state index in [0.29, 0.717) is 0 Å². The molecule has 2 aromatic rings. The zero-order chi connectivity index (χ0) is 19.4. The standard InChI is InChI=1S/C21H23F2N3S/c1-5-27-19(24-4)21-10-9-13(20(21,2)3)12-11-16(25-26-18(12)21)17-14(22)7-6-8-15(17)23/h6-8,11,13H,5,9-10H2,1-4H3/t13-,21?/m0/s1. The largest absolute Gasteiger partial charge is 0.285 e. The molecule has 6 heteroatoms. The van der Waals surface area contributed by atoms with E-state index < -0.39 is 11.6 Å². The third-order valence-electron chi connectivity index (χ3n) is 6.45. The third-order valence-corrected chi connectivity index (χ3v) is 7.54. The van der Waals surface area contributed by atoms with Crippen molar-refractivity contribution in [3.63, 3.8) is 0 Å². The molecule has 0 aliphatic heterocycles. The second-order valence-electron chi connectivity index (χ2n) is 7.81. The Balaban J connectivity index is 1.91. The molecular weight excluding hydrogens is 364 g/mol. The van der Waals surface area contributed by atoms with Gasteiger partial charge in [0.1, 0.15) is 11.6 Å². The van der Waals surface area contributed by atoms with Crippen LogP contribution in [-0.4, -0.2) is 28.0 Å². The molecule has 0 radical (unpaired) electrons. The first-order valence-electron chi connectivity index (χ1n) is 9.31. The number of thioether (sulfide) groups is 1. The molecule has 2 bridgehead atoms. The van der Waals surface area contributed by atoms with Crippen LogP contribution in [0.1, 0.15) is 50.8 Å². The highest BCUT2D eigenvalue weighted by Crippen LogP contribution is 2.68. The molecule has 0 amide bonds. The fraction of sp³-hybridized carbons (Fsp3) is 0.476. The van der Waals surface area contributed by atoms with Gasteiger partial charge in [-0.05, 0) is 53.7 Å². The van der Waals surface area contributed by atoms with E-state index in [0.717, 1.165) is 34.9 Å². The first kappa shape index (κ1) is 18.5. The number of rotatable bonds is 3. The lowest BCUT2D eigenvalue weighted by Gasteiger charge is -2.38. The number of fused-ring (bicyclic) bond motifs is 5. The first-order valence-corrected chi connectivity index (χ1v) is 10.3. The van der Waals surface area contributed by atoms with Crippen molar-refractivity contribution >= 4 is 16.8 Å². The summed E-state index contributed by atoms with van der Waals surface area (Å²) in [7, 11) is 1.84. The Bertz CT molecular complexity index is 921. The molecule has 1 fully saturated rings. The van der Waals surface area contributed by atoms with Gasteiger partial charge in [0.15, 0.2) is 0 Å². The highest BCUT2D eigenvalue weighted by Gasteiger charge is 2.65. The minimum atomic E-state index is -0.612. The zero-order valence-electron chi connectivity index (χ0n) is 16.0. The zero-order valence-corrected chi connectivity index (χ0v) is 16.8. The lowest BCUT2D eigenvalue weighted by Crippen LogP contribution is -2.42. The average Bonchev–Trinajstić information content (AvgIpc) is 3.01. The van der Waals surface area contributed by atoms with Crippen LogP contribution in [0.3, 0.4) is 0 Å². The summed E-state index contributed by atoms with van der Waals surface area (Å²) in [6.45, 7) is 6.64. The molecule has 3 nitrogen and oxygen atoms in total. The maximum atomic E-state index is 14.3. The van der Waals surface area contributed by atoms with Crippen molar-refractivity contribution in [2.75, 3.05) is 12.8 Å². The van der Waals surface area contributed by atoms with Gasteiger partial charge in [-0.1, -0.05) is 26.8 Å². The number of hydrogen-bond donors (Lipinski definition) is 0. The summed E-state index contributed by atoms with van der Waals surface area (Å²) in [5, 5.41) is 9.89. The van der Waals surface area contributed by atoms with Crippen LogP contribution in [0.2, 0.25) is 0 Å². The van der Waals surface area contributed by atoms with Crippen LogP contribution >= 0.6 is 11.8 Å². The molecule has 2 atom stereocenters. The van der Waals surface area contributed by atoms with Crippen molar-refractivity contribution in [3.8, 4) is 11.3 Å². The summed E-state index contributed by atoms with van der Waals surface area (Å²) in [6.07, 6.45) is 2.01. The van der Waals surface area contributed by atoms with Crippen molar-refractivity contribution in [2.24, 2.45) is 10.4 Å². The van der Waals surface area contributed by atoms with Gasteiger partial charge < -0.3 is 0 Å². The summed E-state index contributed by atoms with van der Waals surface area (Å²) in [4.78, 5) is 4.62. The minimum absolute atomic E-state index is 0.0621. The van der Waals surface area contributed by atoms with E-state index in [2.05, 4.69) is 36.0 Å². The lowest BCUT2D eigenvalue weighted by atomic mass is 9.69. The van der Waals surface area contributed by atoms with Gasteiger partial charge >= 0.3 is 0 Å². The van der Waals surface area contributed by atoms with E-state index in [4.69, 9.17) is 0 Å². The molecule has 1 unspecified atom stereocenters. The Morgan fingerprint density at radius 1 is 1.26 bits per heavy atom. The number of halogens is 2. The predicted molar refractivity (Wildman–Crippen MR) is 106 cm³/mol. The Labute approximate surface area is 162 Å². The number of benzene rings is 1. The number of hydrogen-bond acceptors (Lipinski definition) is 4. The van der Waals surface area contributed by atoms with E-state index in [1.165, 1.54) is 18.2 Å². The Morgan fingerprint density at radius 3 is 2.59 bits per heavy atom. The summed E-state index contributed by atoms with van der Waals surface area (Å²) in [6, 6.07) is 5.72.